The van der Waals surface area contributed by atoms with Gasteiger partial charge >= 0.3 is 0 Å². The number of nitrogens with zero attached hydrogens (tertiary/aromatic N) is 4. The largest absolute Gasteiger partial charge is 0.454 e. The molecule has 8 nitrogen and oxygen atoms in total. The van der Waals surface area contributed by atoms with Crippen molar-refractivity contribution in [2.24, 2.45) is 17.8 Å². The van der Waals surface area contributed by atoms with Gasteiger partial charge in [-0.2, -0.15) is 0 Å². The minimum atomic E-state index is 0.0208. The zero-order valence-corrected chi connectivity index (χ0v) is 21.0. The lowest BCUT2D eigenvalue weighted by molar-refractivity contribution is -0.188. The average Bonchev–Trinajstić information content (AvgIpc) is 3.49. The van der Waals surface area contributed by atoms with Gasteiger partial charge in [0.1, 0.15) is 6.33 Å². The van der Waals surface area contributed by atoms with Crippen LogP contribution in [0, 0.1) is 17.8 Å². The maximum Gasteiger partial charge on any atom is 0.260 e. The molecule has 1 amide bonds. The fraction of sp³-hybridized carbons (Fsp3) is 0.593. The van der Waals surface area contributed by atoms with Gasteiger partial charge in [-0.15, -0.1) is 6.58 Å². The van der Waals surface area contributed by atoms with Gasteiger partial charge < -0.3 is 9.47 Å². The Bertz CT molecular complexity index is 919. The summed E-state index contributed by atoms with van der Waals surface area (Å²) in [5, 5.41) is 1.56. The van der Waals surface area contributed by atoms with E-state index in [0.29, 0.717) is 31.5 Å². The summed E-state index contributed by atoms with van der Waals surface area (Å²) in [6, 6.07) is 2.15. The van der Waals surface area contributed by atoms with Crippen LogP contribution in [0.2, 0.25) is 0 Å². The van der Waals surface area contributed by atoms with Crippen LogP contribution in [0.1, 0.15) is 45.2 Å². The number of hydroxylamine groups is 2. The number of aromatic nitrogens is 2. The van der Waals surface area contributed by atoms with Crippen LogP contribution in [0.25, 0.3) is 0 Å². The second-order valence-corrected chi connectivity index (χ2v) is 9.45. The number of amides is 1. The van der Waals surface area contributed by atoms with Crippen molar-refractivity contribution in [3.05, 3.63) is 60.6 Å². The molecule has 0 bridgehead atoms. The zero-order valence-electron chi connectivity index (χ0n) is 21.0. The van der Waals surface area contributed by atoms with Crippen molar-refractivity contribution in [3.63, 3.8) is 0 Å². The van der Waals surface area contributed by atoms with Crippen LogP contribution in [0.3, 0.4) is 0 Å². The summed E-state index contributed by atoms with van der Waals surface area (Å²) in [6.45, 7) is 10.9. The highest BCUT2D eigenvalue weighted by Crippen LogP contribution is 2.42. The normalized spacial score (nSPS) is 25.8. The highest BCUT2D eigenvalue weighted by molar-refractivity contribution is 5.77. The Balaban J connectivity index is 1.52. The lowest BCUT2D eigenvalue weighted by Crippen LogP contribution is -2.43. The highest BCUT2D eigenvalue weighted by atomic mass is 16.7. The van der Waals surface area contributed by atoms with Gasteiger partial charge in [0.2, 0.25) is 6.79 Å². The Morgan fingerprint density at radius 1 is 1.31 bits per heavy atom. The minimum Gasteiger partial charge on any atom is -0.454 e. The van der Waals surface area contributed by atoms with E-state index in [9.17, 15) is 4.79 Å². The van der Waals surface area contributed by atoms with Crippen molar-refractivity contribution in [2.75, 3.05) is 33.0 Å². The molecule has 3 aliphatic rings. The highest BCUT2D eigenvalue weighted by Gasteiger charge is 2.44. The van der Waals surface area contributed by atoms with Crippen molar-refractivity contribution in [3.8, 4) is 0 Å². The molecule has 1 aliphatic carbocycles. The monoisotopic (exact) mass is 482 g/mol. The van der Waals surface area contributed by atoms with E-state index < -0.39 is 0 Å². The smallest absolute Gasteiger partial charge is 0.260 e. The summed E-state index contributed by atoms with van der Waals surface area (Å²) in [6.07, 6.45) is 14.2. The number of rotatable bonds is 12. The van der Waals surface area contributed by atoms with Gasteiger partial charge in [0.15, 0.2) is 11.5 Å². The summed E-state index contributed by atoms with van der Waals surface area (Å²) in [4.78, 5) is 29.9. The van der Waals surface area contributed by atoms with E-state index >= 15 is 0 Å². The van der Waals surface area contributed by atoms with E-state index in [2.05, 4.69) is 53.5 Å². The Morgan fingerprint density at radius 3 is 2.91 bits per heavy atom. The Labute approximate surface area is 208 Å². The lowest BCUT2D eigenvalue weighted by atomic mass is 9.77. The average molecular weight is 483 g/mol. The first-order valence-electron chi connectivity index (χ1n) is 12.9. The molecule has 8 heteroatoms. The van der Waals surface area contributed by atoms with Crippen LogP contribution in [-0.2, 0) is 25.5 Å². The van der Waals surface area contributed by atoms with Crippen LogP contribution < -0.4 is 0 Å². The molecule has 0 aromatic carbocycles. The van der Waals surface area contributed by atoms with Crippen LogP contribution >= 0.6 is 0 Å². The van der Waals surface area contributed by atoms with E-state index in [0.717, 1.165) is 55.9 Å². The summed E-state index contributed by atoms with van der Waals surface area (Å²) >= 11 is 0. The molecule has 3 heterocycles. The SMILES string of the molecule is C=C[C@@H]1[C@@H](C2C=C3OCOC3=CC2)CN(CC(=O)N(CCC)OCCC)[C@H]1CCc1ccncn1. The van der Waals surface area contributed by atoms with Crippen LogP contribution in [-0.4, -0.2) is 64.9 Å². The number of aryl methyl sites for hydroxylation is 1. The summed E-state index contributed by atoms with van der Waals surface area (Å²) in [7, 11) is 0. The number of ether oxygens (including phenoxy) is 2. The first-order valence-corrected chi connectivity index (χ1v) is 12.9. The van der Waals surface area contributed by atoms with E-state index in [1.807, 2.05) is 6.07 Å². The van der Waals surface area contributed by atoms with E-state index in [1.165, 1.54) is 0 Å². The molecular formula is C27H38N4O4. The third-order valence-electron chi connectivity index (χ3n) is 7.12. The second-order valence-electron chi connectivity index (χ2n) is 9.45. The number of allylic oxidation sites excluding steroid dienone is 2. The van der Waals surface area contributed by atoms with Gasteiger partial charge in [-0.3, -0.25) is 14.5 Å². The first-order chi connectivity index (χ1) is 17.1. The molecule has 0 N–H and O–H groups in total. The number of fused-ring (bicyclic) bond motifs is 1. The predicted molar refractivity (Wildman–Crippen MR) is 132 cm³/mol. The van der Waals surface area contributed by atoms with Crippen LogP contribution in [0.15, 0.2) is 54.9 Å². The number of hydrogen-bond donors (Lipinski definition) is 0. The van der Waals surface area contributed by atoms with Crippen molar-refractivity contribution >= 4 is 5.91 Å². The van der Waals surface area contributed by atoms with Crippen molar-refractivity contribution < 1.29 is 19.1 Å². The topological polar surface area (TPSA) is 77.0 Å². The molecule has 0 saturated carbocycles. The molecule has 35 heavy (non-hydrogen) atoms. The van der Waals surface area contributed by atoms with Gasteiger partial charge in [0.25, 0.3) is 5.91 Å². The van der Waals surface area contributed by atoms with Gasteiger partial charge in [-0.05, 0) is 68.1 Å². The molecule has 1 aromatic heterocycles. The van der Waals surface area contributed by atoms with Gasteiger partial charge in [-0.1, -0.05) is 19.9 Å². The number of carbonyl (C=O) groups is 1. The molecule has 190 valence electrons. The quantitative estimate of drug-likeness (QED) is 0.330. The summed E-state index contributed by atoms with van der Waals surface area (Å²) < 4.78 is 11.2. The van der Waals surface area contributed by atoms with E-state index in [1.54, 1.807) is 17.6 Å². The molecule has 2 fully saturated rings. The van der Waals surface area contributed by atoms with Crippen molar-refractivity contribution in [1.82, 2.24) is 19.9 Å². The van der Waals surface area contributed by atoms with Crippen molar-refractivity contribution in [2.45, 2.75) is 52.0 Å². The molecular weight excluding hydrogens is 444 g/mol. The predicted octanol–water partition coefficient (Wildman–Crippen LogP) is 3.88. The van der Waals surface area contributed by atoms with Gasteiger partial charge in [-0.25, -0.2) is 15.0 Å². The maximum absolute atomic E-state index is 13.3. The third kappa shape index (κ3) is 6.11. The molecule has 2 aliphatic heterocycles. The van der Waals surface area contributed by atoms with E-state index in [4.69, 9.17) is 14.3 Å². The molecule has 1 aromatic rings. The van der Waals surface area contributed by atoms with Crippen LogP contribution in [0.5, 0.6) is 0 Å². The fourth-order valence-electron chi connectivity index (χ4n) is 5.44. The maximum atomic E-state index is 13.3. The Kier molecular flexibility index (Phi) is 8.93. The first kappa shape index (κ1) is 25.4. The number of carbonyl (C=O) groups excluding carboxylic acids is 1. The molecule has 4 atom stereocenters. The molecule has 4 rings (SSSR count). The van der Waals surface area contributed by atoms with Crippen molar-refractivity contribution in [1.29, 1.82) is 0 Å². The van der Waals surface area contributed by atoms with Gasteiger partial charge in [0.05, 0.1) is 13.2 Å². The fourth-order valence-corrected chi connectivity index (χ4v) is 5.44. The Morgan fingerprint density at radius 2 is 2.17 bits per heavy atom. The number of likely N-dealkylation sites (tertiary alicyclic amines) is 1. The molecule has 2 saturated heterocycles. The number of hydrogen-bond acceptors (Lipinski definition) is 7. The van der Waals surface area contributed by atoms with E-state index in [-0.39, 0.29) is 24.7 Å². The zero-order chi connectivity index (χ0) is 24.6. The standard InChI is InChI=1S/C27H38N4O4/c1-4-13-31(35-14-5-2)27(32)17-30-16-23(20-7-10-25-26(15-20)34-19-33-25)22(6-3)24(30)9-8-21-11-12-28-18-29-21/h6,10-12,15,18,20,22-24H,3-5,7-9,13-14,16-17,19H2,1-2H3/t20?,22-,23-,24+/m1/s1. The summed E-state index contributed by atoms with van der Waals surface area (Å²) in [5.74, 6) is 2.61. The van der Waals surface area contributed by atoms with Gasteiger partial charge in [0, 0.05) is 31.0 Å². The summed E-state index contributed by atoms with van der Waals surface area (Å²) in [5.41, 5.74) is 1.01. The third-order valence-corrected chi connectivity index (χ3v) is 7.12. The van der Waals surface area contributed by atoms with Crippen LogP contribution in [0.4, 0.5) is 0 Å². The molecule has 0 spiro atoms. The molecule has 0 radical (unpaired) electrons. The second kappa shape index (κ2) is 12.3. The minimum absolute atomic E-state index is 0.0208. The Hall–Kier alpha value is -2.71. The lowest BCUT2D eigenvalue weighted by Gasteiger charge is -2.29. The molecule has 1 unspecified atom stereocenters.